The molecular formula is C20H21NO3. The molecule has 2 aromatic carbocycles. The highest BCUT2D eigenvalue weighted by atomic mass is 16.3. The molecule has 1 unspecified atom stereocenters. The predicted octanol–water partition coefficient (Wildman–Crippen LogP) is 3.36. The molecule has 2 N–H and O–H groups in total. The molecule has 0 spiro atoms. The molecule has 0 saturated heterocycles. The van der Waals surface area contributed by atoms with E-state index in [1.54, 1.807) is 24.3 Å². The van der Waals surface area contributed by atoms with Crippen molar-refractivity contribution in [3.63, 3.8) is 0 Å². The minimum atomic E-state index is -1.81. The molecule has 0 radical (unpaired) electrons. The number of hydrogen-bond donors (Lipinski definition) is 2. The Labute approximate surface area is 141 Å². The van der Waals surface area contributed by atoms with Gasteiger partial charge in [0.15, 0.2) is 11.4 Å². The Morgan fingerprint density at radius 1 is 1.17 bits per heavy atom. The first-order valence-corrected chi connectivity index (χ1v) is 8.21. The van der Waals surface area contributed by atoms with Crippen LogP contribution in [0.4, 0.5) is 5.69 Å². The minimum Gasteiger partial charge on any atom is -0.375 e. The Hall–Kier alpha value is -2.46. The van der Waals surface area contributed by atoms with Gasteiger partial charge in [0, 0.05) is 16.8 Å². The second kappa shape index (κ2) is 6.21. The Balaban J connectivity index is 1.86. The number of aliphatic hydroxyl groups is 1. The summed E-state index contributed by atoms with van der Waals surface area (Å²) in [7, 11) is 0. The van der Waals surface area contributed by atoms with Gasteiger partial charge in [-0.1, -0.05) is 55.3 Å². The van der Waals surface area contributed by atoms with Gasteiger partial charge in [-0.3, -0.25) is 9.59 Å². The molecular weight excluding hydrogens is 302 g/mol. The van der Waals surface area contributed by atoms with Gasteiger partial charge in [-0.25, -0.2) is 0 Å². The fourth-order valence-electron chi connectivity index (χ4n) is 3.11. The molecule has 4 nitrogen and oxygen atoms in total. The molecule has 24 heavy (non-hydrogen) atoms. The maximum absolute atomic E-state index is 12.6. The zero-order valence-electron chi connectivity index (χ0n) is 13.9. The highest BCUT2D eigenvalue weighted by Gasteiger charge is 2.46. The van der Waals surface area contributed by atoms with E-state index >= 15 is 0 Å². The summed E-state index contributed by atoms with van der Waals surface area (Å²) in [6, 6.07) is 12.7. The molecule has 0 saturated carbocycles. The van der Waals surface area contributed by atoms with E-state index in [9.17, 15) is 14.7 Å². The van der Waals surface area contributed by atoms with Crippen LogP contribution in [0, 0.1) is 6.92 Å². The van der Waals surface area contributed by atoms with Crippen molar-refractivity contribution in [1.82, 2.24) is 0 Å². The lowest BCUT2D eigenvalue weighted by molar-refractivity contribution is -0.133. The molecule has 1 aliphatic heterocycles. The highest BCUT2D eigenvalue weighted by Crippen LogP contribution is 2.39. The van der Waals surface area contributed by atoms with Gasteiger partial charge in [-0.2, -0.15) is 0 Å². The third-order valence-corrected chi connectivity index (χ3v) is 4.48. The second-order valence-electron chi connectivity index (χ2n) is 6.41. The van der Waals surface area contributed by atoms with Gasteiger partial charge in [0.1, 0.15) is 0 Å². The molecule has 1 aliphatic rings. The van der Waals surface area contributed by atoms with Gasteiger partial charge in [0.25, 0.3) is 5.91 Å². The number of carbonyl (C=O) groups excluding carboxylic acids is 2. The van der Waals surface area contributed by atoms with Crippen molar-refractivity contribution in [2.45, 2.75) is 38.7 Å². The highest BCUT2D eigenvalue weighted by molar-refractivity contribution is 6.09. The van der Waals surface area contributed by atoms with Crippen molar-refractivity contribution in [3.8, 4) is 0 Å². The fraction of sp³-hybridized carbons (Fsp3) is 0.300. The van der Waals surface area contributed by atoms with Crippen molar-refractivity contribution in [2.24, 2.45) is 0 Å². The van der Waals surface area contributed by atoms with Crippen LogP contribution in [0.1, 0.15) is 46.8 Å². The molecule has 124 valence electrons. The van der Waals surface area contributed by atoms with Gasteiger partial charge < -0.3 is 10.4 Å². The van der Waals surface area contributed by atoms with Crippen LogP contribution in [-0.4, -0.2) is 16.8 Å². The van der Waals surface area contributed by atoms with Gasteiger partial charge in [0.2, 0.25) is 0 Å². The van der Waals surface area contributed by atoms with Crippen LogP contribution in [0.5, 0.6) is 0 Å². The molecule has 0 aliphatic carbocycles. The first-order valence-electron chi connectivity index (χ1n) is 8.21. The standard InChI is InChI=1S/C20H21NO3/c1-3-4-14-6-8-15(9-7-14)18(22)12-20(24)16-11-13(2)5-10-17(16)21-19(20)23/h5-11,24H,3-4,12H2,1-2H3,(H,21,23). The zero-order valence-corrected chi connectivity index (χ0v) is 13.9. The summed E-state index contributed by atoms with van der Waals surface area (Å²) in [5.74, 6) is -0.788. The molecule has 1 heterocycles. The topological polar surface area (TPSA) is 66.4 Å². The van der Waals surface area contributed by atoms with Crippen LogP contribution in [0.3, 0.4) is 0 Å². The van der Waals surface area contributed by atoms with E-state index in [2.05, 4.69) is 12.2 Å². The SMILES string of the molecule is CCCc1ccc(C(=O)CC2(O)C(=O)Nc3ccc(C)cc32)cc1. The van der Waals surface area contributed by atoms with Crippen LogP contribution in [-0.2, 0) is 16.8 Å². The summed E-state index contributed by atoms with van der Waals surface area (Å²) in [6.45, 7) is 3.99. The number of anilines is 1. The number of benzene rings is 2. The summed E-state index contributed by atoms with van der Waals surface area (Å²) >= 11 is 0. The van der Waals surface area contributed by atoms with Crippen LogP contribution >= 0.6 is 0 Å². The third-order valence-electron chi connectivity index (χ3n) is 4.48. The normalized spacial score (nSPS) is 19.0. The largest absolute Gasteiger partial charge is 0.375 e. The number of rotatable bonds is 5. The van der Waals surface area contributed by atoms with E-state index in [0.29, 0.717) is 16.8 Å². The maximum Gasteiger partial charge on any atom is 0.261 e. The summed E-state index contributed by atoms with van der Waals surface area (Å²) in [4.78, 5) is 24.8. The third kappa shape index (κ3) is 2.85. The second-order valence-corrected chi connectivity index (χ2v) is 6.41. The Morgan fingerprint density at radius 2 is 1.88 bits per heavy atom. The number of nitrogens with one attached hydrogen (secondary N) is 1. The van der Waals surface area contributed by atoms with Crippen molar-refractivity contribution < 1.29 is 14.7 Å². The predicted molar refractivity (Wildman–Crippen MR) is 93.1 cm³/mol. The zero-order chi connectivity index (χ0) is 17.3. The molecule has 3 rings (SSSR count). The van der Waals surface area contributed by atoms with Gasteiger partial charge in [-0.05, 0) is 25.0 Å². The molecule has 0 aromatic heterocycles. The van der Waals surface area contributed by atoms with Gasteiger partial charge >= 0.3 is 0 Å². The number of aryl methyl sites for hydroxylation is 2. The Kier molecular flexibility index (Phi) is 4.24. The number of Topliss-reactive ketones (excluding diaryl/α,β-unsaturated/α-hetero) is 1. The molecule has 1 atom stereocenters. The molecule has 0 fully saturated rings. The number of fused-ring (bicyclic) bond motifs is 1. The van der Waals surface area contributed by atoms with Crippen LogP contribution < -0.4 is 5.32 Å². The number of hydrogen-bond acceptors (Lipinski definition) is 3. The van der Waals surface area contributed by atoms with Crippen LogP contribution in [0.25, 0.3) is 0 Å². The fourth-order valence-corrected chi connectivity index (χ4v) is 3.11. The average molecular weight is 323 g/mol. The summed E-state index contributed by atoms with van der Waals surface area (Å²) in [5.41, 5.74) is 1.85. The van der Waals surface area contributed by atoms with Crippen molar-refractivity contribution in [2.75, 3.05) is 5.32 Å². The first kappa shape index (κ1) is 16.4. The summed E-state index contributed by atoms with van der Waals surface area (Å²) < 4.78 is 0. The van der Waals surface area contributed by atoms with Crippen LogP contribution in [0.15, 0.2) is 42.5 Å². The van der Waals surface area contributed by atoms with E-state index in [-0.39, 0.29) is 12.2 Å². The van der Waals surface area contributed by atoms with E-state index in [1.165, 1.54) is 5.56 Å². The lowest BCUT2D eigenvalue weighted by Gasteiger charge is -2.20. The molecule has 2 aromatic rings. The van der Waals surface area contributed by atoms with Gasteiger partial charge in [0.05, 0.1) is 6.42 Å². The maximum atomic E-state index is 12.6. The van der Waals surface area contributed by atoms with Crippen molar-refractivity contribution in [3.05, 3.63) is 64.7 Å². The first-order chi connectivity index (χ1) is 11.4. The Morgan fingerprint density at radius 3 is 2.54 bits per heavy atom. The lowest BCUT2D eigenvalue weighted by Crippen LogP contribution is -2.36. The molecule has 1 amide bonds. The van der Waals surface area contributed by atoms with Crippen molar-refractivity contribution >= 4 is 17.4 Å². The monoisotopic (exact) mass is 323 g/mol. The molecule has 4 heteroatoms. The van der Waals surface area contributed by atoms with E-state index in [1.807, 2.05) is 25.1 Å². The van der Waals surface area contributed by atoms with E-state index < -0.39 is 11.5 Å². The number of ketones is 1. The summed E-state index contributed by atoms with van der Waals surface area (Å²) in [6.07, 6.45) is 1.75. The smallest absolute Gasteiger partial charge is 0.261 e. The van der Waals surface area contributed by atoms with E-state index in [4.69, 9.17) is 0 Å². The van der Waals surface area contributed by atoms with Gasteiger partial charge in [-0.15, -0.1) is 0 Å². The number of carbonyl (C=O) groups is 2. The summed E-state index contributed by atoms with van der Waals surface area (Å²) in [5, 5.41) is 13.5. The molecule has 0 bridgehead atoms. The number of amides is 1. The average Bonchev–Trinajstić information content (AvgIpc) is 2.79. The lowest BCUT2D eigenvalue weighted by atomic mass is 9.87. The van der Waals surface area contributed by atoms with E-state index in [0.717, 1.165) is 18.4 Å². The quantitative estimate of drug-likeness (QED) is 0.829. The Bertz CT molecular complexity index is 795. The van der Waals surface area contributed by atoms with Crippen LogP contribution in [0.2, 0.25) is 0 Å². The van der Waals surface area contributed by atoms with Crippen molar-refractivity contribution in [1.29, 1.82) is 0 Å². The minimum absolute atomic E-state index is 0.245.